The van der Waals surface area contributed by atoms with E-state index < -0.39 is 29.7 Å². The van der Waals surface area contributed by atoms with Crippen LogP contribution in [0.4, 0.5) is 0 Å². The van der Waals surface area contributed by atoms with Crippen molar-refractivity contribution < 1.29 is 19.7 Å². The fourth-order valence-electron chi connectivity index (χ4n) is 3.74. The van der Waals surface area contributed by atoms with Crippen molar-refractivity contribution in [3.8, 4) is 28.4 Å². The maximum Gasteiger partial charge on any atom is 0.330 e. The van der Waals surface area contributed by atoms with E-state index in [1.165, 1.54) is 15.4 Å². The van der Waals surface area contributed by atoms with E-state index in [0.29, 0.717) is 11.4 Å². The number of aliphatic hydroxyl groups excluding tert-OH is 2. The van der Waals surface area contributed by atoms with Crippen molar-refractivity contribution in [2.45, 2.75) is 24.9 Å². The maximum atomic E-state index is 12.5. The summed E-state index contributed by atoms with van der Waals surface area (Å²) in [7, 11) is 0. The number of aliphatic hydroxyl groups is 2. The maximum absolute atomic E-state index is 12.5. The largest absolute Gasteiger partial charge is 0.457 e. The van der Waals surface area contributed by atoms with E-state index in [1.54, 1.807) is 30.5 Å². The monoisotopic (exact) mass is 463 g/mol. The molecule has 0 unspecified atom stereocenters. The van der Waals surface area contributed by atoms with Gasteiger partial charge in [0.2, 0.25) is 0 Å². The van der Waals surface area contributed by atoms with Crippen molar-refractivity contribution in [2.75, 3.05) is 6.61 Å². The minimum atomic E-state index is -0.924. The Morgan fingerprint density at radius 3 is 2.50 bits per heavy atom. The van der Waals surface area contributed by atoms with Gasteiger partial charge in [0.1, 0.15) is 29.5 Å². The molecule has 0 aliphatic carbocycles. The van der Waals surface area contributed by atoms with E-state index >= 15 is 0 Å². The molecule has 3 atom stereocenters. The first-order valence-corrected chi connectivity index (χ1v) is 10.6. The summed E-state index contributed by atoms with van der Waals surface area (Å²) in [5.74, 6) is 1.37. The number of benzene rings is 2. The van der Waals surface area contributed by atoms with Gasteiger partial charge < -0.3 is 19.7 Å². The number of rotatable bonds is 6. The third-order valence-corrected chi connectivity index (χ3v) is 5.51. The fourth-order valence-corrected chi connectivity index (χ4v) is 3.74. The number of hydrogen-bond donors (Lipinski definition) is 3. The summed E-state index contributed by atoms with van der Waals surface area (Å²) in [6.45, 7) is -0.383. The van der Waals surface area contributed by atoms with Crippen molar-refractivity contribution in [1.29, 1.82) is 0 Å². The number of aromatic amines is 1. The van der Waals surface area contributed by atoms with E-state index in [2.05, 4.69) is 15.3 Å². The Hall–Kier alpha value is -4.06. The van der Waals surface area contributed by atoms with E-state index in [9.17, 15) is 19.8 Å². The van der Waals surface area contributed by atoms with Gasteiger partial charge in [0.25, 0.3) is 5.56 Å². The molecule has 3 heterocycles. The Balaban J connectivity index is 1.39. The highest BCUT2D eigenvalue weighted by Gasteiger charge is 2.35. The number of aromatic nitrogens is 5. The van der Waals surface area contributed by atoms with Gasteiger partial charge >= 0.3 is 5.69 Å². The molecule has 0 bridgehead atoms. The topological polar surface area (TPSA) is 144 Å². The normalized spacial score (nSPS) is 19.9. The zero-order valence-electron chi connectivity index (χ0n) is 17.8. The highest BCUT2D eigenvalue weighted by molar-refractivity contribution is 5.55. The first kappa shape index (κ1) is 21.8. The number of para-hydroxylation sites is 1. The average molecular weight is 463 g/mol. The van der Waals surface area contributed by atoms with E-state index in [1.807, 2.05) is 30.3 Å². The molecule has 1 aliphatic rings. The van der Waals surface area contributed by atoms with Gasteiger partial charge in [-0.05, 0) is 36.4 Å². The predicted octanol–water partition coefficient (Wildman–Crippen LogP) is 1.22. The molecule has 2 aromatic carbocycles. The molecule has 2 aromatic heterocycles. The van der Waals surface area contributed by atoms with Crippen LogP contribution in [0.3, 0.4) is 0 Å². The molecule has 0 spiro atoms. The molecule has 0 radical (unpaired) electrons. The molecule has 4 aromatic rings. The zero-order chi connectivity index (χ0) is 23.7. The molecule has 3 N–H and O–H groups in total. The van der Waals surface area contributed by atoms with Crippen molar-refractivity contribution in [3.05, 3.63) is 87.8 Å². The molecular weight excluding hydrogens is 442 g/mol. The second-order valence-electron chi connectivity index (χ2n) is 7.78. The quantitative estimate of drug-likeness (QED) is 0.387. The summed E-state index contributed by atoms with van der Waals surface area (Å²) in [5.41, 5.74) is -0.266. The highest BCUT2D eigenvalue weighted by Crippen LogP contribution is 2.28. The molecule has 0 saturated carbocycles. The number of nitrogens with zero attached hydrogens (tertiary/aromatic N) is 4. The van der Waals surface area contributed by atoms with E-state index in [4.69, 9.17) is 9.47 Å². The van der Waals surface area contributed by atoms with Crippen LogP contribution in [0.15, 0.2) is 76.6 Å². The van der Waals surface area contributed by atoms with Crippen LogP contribution in [0.5, 0.6) is 11.5 Å². The van der Waals surface area contributed by atoms with Gasteiger partial charge in [-0.3, -0.25) is 14.3 Å². The van der Waals surface area contributed by atoms with Crippen molar-refractivity contribution >= 4 is 0 Å². The predicted molar refractivity (Wildman–Crippen MR) is 120 cm³/mol. The van der Waals surface area contributed by atoms with Crippen LogP contribution in [0, 0.1) is 0 Å². The summed E-state index contributed by atoms with van der Waals surface area (Å²) in [4.78, 5) is 27.0. The van der Waals surface area contributed by atoms with E-state index in [0.717, 1.165) is 5.75 Å². The Morgan fingerprint density at radius 2 is 1.79 bits per heavy atom. The first-order valence-electron chi connectivity index (χ1n) is 10.6. The third kappa shape index (κ3) is 4.27. The van der Waals surface area contributed by atoms with Crippen LogP contribution < -0.4 is 16.0 Å². The summed E-state index contributed by atoms with van der Waals surface area (Å²) in [6.07, 6.45) is 0.425. The van der Waals surface area contributed by atoms with Gasteiger partial charge in [-0.15, -0.1) is 5.10 Å². The Morgan fingerprint density at radius 1 is 1.06 bits per heavy atom. The van der Waals surface area contributed by atoms with Crippen molar-refractivity contribution in [1.82, 2.24) is 24.5 Å². The highest BCUT2D eigenvalue weighted by atomic mass is 16.5. The van der Waals surface area contributed by atoms with Crippen LogP contribution in [0.1, 0.15) is 12.6 Å². The Bertz CT molecular complexity index is 1400. The van der Waals surface area contributed by atoms with Gasteiger partial charge in [0, 0.05) is 12.6 Å². The SMILES string of the molecule is O=c1[nH]c(=O)n([C@H]2C[C@H](O)[C@@H](CO)O2)cc1-c1cn(-c2ccc(Oc3ccccc3)cc2)nn1. The fraction of sp³-hybridized carbons (Fsp3) is 0.217. The molecule has 0 amide bonds. The number of nitrogens with one attached hydrogen (secondary N) is 1. The lowest BCUT2D eigenvalue weighted by Crippen LogP contribution is -2.33. The van der Waals surface area contributed by atoms with Gasteiger partial charge in [-0.25, -0.2) is 9.48 Å². The molecule has 34 heavy (non-hydrogen) atoms. The van der Waals surface area contributed by atoms with Crippen LogP contribution in [0.25, 0.3) is 16.9 Å². The molecule has 1 fully saturated rings. The second kappa shape index (κ2) is 9.06. The molecule has 11 nitrogen and oxygen atoms in total. The molecule has 1 aliphatic heterocycles. The van der Waals surface area contributed by atoms with Gasteiger partial charge in [0.05, 0.1) is 30.2 Å². The summed E-state index contributed by atoms with van der Waals surface area (Å²) in [5, 5.41) is 27.4. The Labute approximate surface area is 192 Å². The minimum Gasteiger partial charge on any atom is -0.457 e. The standard InChI is InChI=1S/C23H21N5O6/c29-13-20-19(30)10-21(34-20)27-11-17(22(31)24-23(27)32)18-12-28(26-25-18)14-6-8-16(9-7-14)33-15-4-2-1-3-5-15/h1-9,11-12,19-21,29-30H,10,13H2,(H,24,31,32)/t19-,20+,21+/m0/s1. The van der Waals surface area contributed by atoms with Gasteiger partial charge in [-0.2, -0.15) is 0 Å². The summed E-state index contributed by atoms with van der Waals surface area (Å²) < 4.78 is 14.0. The molecule has 11 heteroatoms. The minimum absolute atomic E-state index is 0.0979. The van der Waals surface area contributed by atoms with Crippen LogP contribution in [0.2, 0.25) is 0 Å². The lowest BCUT2D eigenvalue weighted by Gasteiger charge is -2.14. The molecule has 5 rings (SSSR count). The average Bonchev–Trinajstić information content (AvgIpc) is 3.47. The smallest absolute Gasteiger partial charge is 0.330 e. The number of H-pyrrole nitrogens is 1. The lowest BCUT2D eigenvalue weighted by molar-refractivity contribution is -0.0458. The van der Waals surface area contributed by atoms with Crippen LogP contribution in [-0.4, -0.2) is 53.6 Å². The molecular formula is C23H21N5O6. The van der Waals surface area contributed by atoms with Crippen molar-refractivity contribution in [2.24, 2.45) is 0 Å². The summed E-state index contributed by atoms with van der Waals surface area (Å²) >= 11 is 0. The molecule has 1 saturated heterocycles. The second-order valence-corrected chi connectivity index (χ2v) is 7.78. The third-order valence-electron chi connectivity index (χ3n) is 5.51. The summed E-state index contributed by atoms with van der Waals surface area (Å²) in [6, 6.07) is 16.6. The number of hydrogen-bond acceptors (Lipinski definition) is 8. The van der Waals surface area contributed by atoms with E-state index in [-0.39, 0.29) is 24.3 Å². The molecule has 174 valence electrons. The van der Waals surface area contributed by atoms with Crippen molar-refractivity contribution in [3.63, 3.8) is 0 Å². The lowest BCUT2D eigenvalue weighted by atomic mass is 10.2. The zero-order valence-corrected chi connectivity index (χ0v) is 17.8. The number of ether oxygens (including phenoxy) is 2. The Kier molecular flexibility index (Phi) is 5.80. The van der Waals surface area contributed by atoms with Gasteiger partial charge in [0.15, 0.2) is 0 Å². The van der Waals surface area contributed by atoms with Crippen LogP contribution >= 0.6 is 0 Å². The van der Waals surface area contributed by atoms with Gasteiger partial charge in [-0.1, -0.05) is 23.4 Å². The first-order chi connectivity index (χ1) is 16.5. The van der Waals surface area contributed by atoms with Crippen LogP contribution in [-0.2, 0) is 4.74 Å².